The fraction of sp³-hybridized carbons (Fsp3) is 0.571. The summed E-state index contributed by atoms with van der Waals surface area (Å²) in [5.41, 5.74) is 5.34. The van der Waals surface area contributed by atoms with Crippen LogP contribution in [0.4, 0.5) is 0 Å². The number of fused-ring (bicyclic) bond motifs is 4. The minimum Gasteiger partial charge on any atom is -0.504 e. The Hall–Kier alpha value is -1.48. The van der Waals surface area contributed by atoms with E-state index in [9.17, 15) is 5.11 Å². The molecule has 4 atom stereocenters. The first-order valence-corrected chi connectivity index (χ1v) is 12.7. The van der Waals surface area contributed by atoms with E-state index in [0.717, 1.165) is 56.8 Å². The maximum absolute atomic E-state index is 10.3. The SMILES string of the molecule is Br.Br.CC[C@H]1CN2CCc3cc(OC)c(OC)cc3[C@@H]2C[C@@H]1C[C@H]1NCCc2cc(O)c(OC)cc21. The molecule has 0 radical (unpaired) electrons. The molecule has 5 rings (SSSR count). The number of ether oxygens (including phenoxy) is 3. The highest BCUT2D eigenvalue weighted by Crippen LogP contribution is 2.47. The Bertz CT molecular complexity index is 1050. The van der Waals surface area contributed by atoms with Gasteiger partial charge in [0.2, 0.25) is 0 Å². The van der Waals surface area contributed by atoms with Crippen molar-refractivity contribution >= 4 is 34.0 Å². The highest BCUT2D eigenvalue weighted by molar-refractivity contribution is 8.93. The molecule has 36 heavy (non-hydrogen) atoms. The van der Waals surface area contributed by atoms with Crippen molar-refractivity contribution in [2.75, 3.05) is 41.0 Å². The van der Waals surface area contributed by atoms with Gasteiger partial charge in [-0.25, -0.2) is 0 Å². The van der Waals surface area contributed by atoms with E-state index in [1.54, 1.807) is 21.3 Å². The first-order valence-electron chi connectivity index (χ1n) is 12.7. The summed E-state index contributed by atoms with van der Waals surface area (Å²) in [6, 6.07) is 9.06. The maximum atomic E-state index is 10.3. The average Bonchev–Trinajstić information content (AvgIpc) is 2.87. The van der Waals surface area contributed by atoms with Gasteiger partial charge in [-0.15, -0.1) is 34.0 Å². The van der Waals surface area contributed by atoms with Gasteiger partial charge in [-0.05, 0) is 90.6 Å². The number of hydrogen-bond acceptors (Lipinski definition) is 6. The first kappa shape index (κ1) is 29.1. The number of nitrogens with zero attached hydrogens (tertiary/aromatic N) is 1. The van der Waals surface area contributed by atoms with E-state index in [4.69, 9.17) is 14.2 Å². The number of halogens is 2. The molecule has 0 unspecified atom stereocenters. The van der Waals surface area contributed by atoms with Gasteiger partial charge in [0.05, 0.1) is 21.3 Å². The third kappa shape index (κ3) is 5.38. The fourth-order valence-corrected chi connectivity index (χ4v) is 6.59. The second-order valence-electron chi connectivity index (χ2n) is 10.0. The Labute approximate surface area is 236 Å². The van der Waals surface area contributed by atoms with Crippen molar-refractivity contribution in [3.63, 3.8) is 0 Å². The summed E-state index contributed by atoms with van der Waals surface area (Å²) < 4.78 is 16.7. The van der Waals surface area contributed by atoms with Crippen LogP contribution in [0.5, 0.6) is 23.0 Å². The van der Waals surface area contributed by atoms with Gasteiger partial charge in [0.1, 0.15) is 0 Å². The standard InChI is InChI=1S/C28H38N2O4.2BrH/c1-5-17-16-30-9-7-19-13-27(33-3)28(34-4)15-22(19)24(30)11-20(17)10-23-21-14-26(32-2)25(31)12-18(21)6-8-29-23;;/h12-15,17,20,23-24,29,31H,5-11,16H2,1-4H3;2*1H/t17-,20-,23+,24-;;/m0../s1. The molecule has 0 aromatic heterocycles. The van der Waals surface area contributed by atoms with Gasteiger partial charge in [-0.1, -0.05) is 13.3 Å². The van der Waals surface area contributed by atoms with Crippen molar-refractivity contribution in [3.05, 3.63) is 46.5 Å². The molecule has 2 aromatic carbocycles. The summed E-state index contributed by atoms with van der Waals surface area (Å²) in [5, 5.41) is 14.1. The minimum atomic E-state index is 0. The molecule has 0 saturated carbocycles. The van der Waals surface area contributed by atoms with Gasteiger partial charge in [0.25, 0.3) is 0 Å². The lowest BCUT2D eigenvalue weighted by atomic mass is 9.72. The molecular formula is C28H40Br2N2O4. The largest absolute Gasteiger partial charge is 0.504 e. The number of aromatic hydroxyl groups is 1. The first-order chi connectivity index (χ1) is 16.6. The van der Waals surface area contributed by atoms with Crippen molar-refractivity contribution in [1.82, 2.24) is 10.2 Å². The highest BCUT2D eigenvalue weighted by Gasteiger charge is 2.40. The zero-order valence-corrected chi connectivity index (χ0v) is 25.1. The monoisotopic (exact) mass is 626 g/mol. The van der Waals surface area contributed by atoms with Gasteiger partial charge in [-0.2, -0.15) is 0 Å². The lowest BCUT2D eigenvalue weighted by molar-refractivity contribution is 0.0434. The predicted molar refractivity (Wildman–Crippen MR) is 154 cm³/mol. The topological polar surface area (TPSA) is 63.2 Å². The normalized spacial score (nSPS) is 24.8. The molecule has 1 fully saturated rings. The minimum absolute atomic E-state index is 0. The number of piperidine rings is 1. The van der Waals surface area contributed by atoms with E-state index < -0.39 is 0 Å². The summed E-state index contributed by atoms with van der Waals surface area (Å²) in [5.74, 6) is 3.76. The van der Waals surface area contributed by atoms with Crippen molar-refractivity contribution in [2.24, 2.45) is 11.8 Å². The lowest BCUT2D eigenvalue weighted by Crippen LogP contribution is -2.46. The molecule has 2 aromatic rings. The number of rotatable bonds is 6. The van der Waals surface area contributed by atoms with Crippen LogP contribution in [0.15, 0.2) is 24.3 Å². The maximum Gasteiger partial charge on any atom is 0.161 e. The molecule has 0 bridgehead atoms. The highest BCUT2D eigenvalue weighted by atomic mass is 79.9. The van der Waals surface area contributed by atoms with Crippen molar-refractivity contribution in [3.8, 4) is 23.0 Å². The molecule has 8 heteroatoms. The molecule has 2 N–H and O–H groups in total. The third-order valence-electron chi connectivity index (χ3n) is 8.44. The van der Waals surface area contributed by atoms with Gasteiger partial charge in [-0.3, -0.25) is 4.90 Å². The molecule has 1 saturated heterocycles. The quantitative estimate of drug-likeness (QED) is 0.422. The van der Waals surface area contributed by atoms with Crippen LogP contribution in [0.25, 0.3) is 0 Å². The molecule has 3 aliphatic rings. The number of phenols is 1. The fourth-order valence-electron chi connectivity index (χ4n) is 6.59. The van der Waals surface area contributed by atoms with E-state index in [1.165, 1.54) is 28.7 Å². The summed E-state index contributed by atoms with van der Waals surface area (Å²) in [6.07, 6.45) is 5.46. The number of benzene rings is 2. The van der Waals surface area contributed by atoms with Crippen molar-refractivity contribution in [2.45, 2.75) is 51.1 Å². The van der Waals surface area contributed by atoms with Crippen molar-refractivity contribution in [1.29, 1.82) is 0 Å². The Morgan fingerprint density at radius 1 is 0.889 bits per heavy atom. The van der Waals surface area contributed by atoms with Crippen LogP contribution >= 0.6 is 34.0 Å². The second-order valence-corrected chi connectivity index (χ2v) is 10.0. The smallest absolute Gasteiger partial charge is 0.161 e. The zero-order valence-electron chi connectivity index (χ0n) is 21.7. The summed E-state index contributed by atoms with van der Waals surface area (Å²) >= 11 is 0. The number of methoxy groups -OCH3 is 3. The van der Waals surface area contributed by atoms with Gasteiger partial charge >= 0.3 is 0 Å². The van der Waals surface area contributed by atoms with E-state index >= 15 is 0 Å². The van der Waals surface area contributed by atoms with E-state index in [1.807, 2.05) is 12.1 Å². The summed E-state index contributed by atoms with van der Waals surface area (Å²) in [6.45, 7) is 5.55. The van der Waals surface area contributed by atoms with E-state index in [2.05, 4.69) is 29.3 Å². The van der Waals surface area contributed by atoms with Gasteiger partial charge in [0.15, 0.2) is 23.0 Å². The molecular weight excluding hydrogens is 588 g/mol. The lowest BCUT2D eigenvalue weighted by Gasteiger charge is -2.48. The van der Waals surface area contributed by atoms with Crippen LogP contribution in [0.3, 0.4) is 0 Å². The van der Waals surface area contributed by atoms with Crippen LogP contribution < -0.4 is 19.5 Å². The average molecular weight is 628 g/mol. The molecule has 0 amide bonds. The summed E-state index contributed by atoms with van der Waals surface area (Å²) in [4.78, 5) is 2.70. The second kappa shape index (κ2) is 12.4. The Morgan fingerprint density at radius 2 is 1.56 bits per heavy atom. The molecule has 3 aliphatic heterocycles. The Morgan fingerprint density at radius 3 is 2.25 bits per heavy atom. The predicted octanol–water partition coefficient (Wildman–Crippen LogP) is 5.80. The molecule has 0 spiro atoms. The molecule has 6 nitrogen and oxygen atoms in total. The summed E-state index contributed by atoms with van der Waals surface area (Å²) in [7, 11) is 5.06. The van der Waals surface area contributed by atoms with Gasteiger partial charge in [0, 0.05) is 25.2 Å². The molecule has 200 valence electrons. The zero-order chi connectivity index (χ0) is 23.8. The third-order valence-corrected chi connectivity index (χ3v) is 8.44. The van der Waals surface area contributed by atoms with Crippen LogP contribution in [0.1, 0.15) is 60.5 Å². The number of phenolic OH excluding ortho intramolecular Hbond substituents is 1. The van der Waals surface area contributed by atoms with Crippen LogP contribution in [0, 0.1) is 11.8 Å². The molecule has 3 heterocycles. The van der Waals surface area contributed by atoms with E-state index in [-0.39, 0.29) is 45.8 Å². The van der Waals surface area contributed by atoms with Crippen LogP contribution in [0.2, 0.25) is 0 Å². The van der Waals surface area contributed by atoms with Gasteiger partial charge < -0.3 is 24.6 Å². The number of nitrogens with one attached hydrogen (secondary N) is 1. The number of hydrogen-bond donors (Lipinski definition) is 2. The Balaban J connectivity index is 0.00000180. The van der Waals surface area contributed by atoms with Crippen LogP contribution in [-0.2, 0) is 12.8 Å². The Kier molecular flexibility index (Phi) is 10.00. The van der Waals surface area contributed by atoms with E-state index in [0.29, 0.717) is 23.6 Å². The molecule has 0 aliphatic carbocycles. The van der Waals surface area contributed by atoms with Crippen LogP contribution in [-0.4, -0.2) is 51.0 Å². The van der Waals surface area contributed by atoms with Crippen molar-refractivity contribution < 1.29 is 19.3 Å².